The molecule has 0 bridgehead atoms. The first-order valence-corrected chi connectivity index (χ1v) is 9.38. The van der Waals surface area contributed by atoms with Gasteiger partial charge in [0.2, 0.25) is 5.91 Å². The van der Waals surface area contributed by atoms with Crippen LogP contribution in [0.3, 0.4) is 0 Å². The lowest BCUT2D eigenvalue weighted by Gasteiger charge is -2.47. The Kier molecular flexibility index (Phi) is 7.53. The van der Waals surface area contributed by atoms with Gasteiger partial charge in [-0.15, -0.1) is 0 Å². The average molecular weight is 368 g/mol. The zero-order valence-electron chi connectivity index (χ0n) is 15.7. The van der Waals surface area contributed by atoms with Crippen molar-refractivity contribution in [3.8, 4) is 0 Å². The highest BCUT2D eigenvalue weighted by Crippen LogP contribution is 2.47. The van der Waals surface area contributed by atoms with Crippen LogP contribution in [-0.2, 0) is 14.9 Å². The highest BCUT2D eigenvalue weighted by atomic mass is 19.2. The van der Waals surface area contributed by atoms with Crippen LogP contribution in [0.5, 0.6) is 0 Å². The van der Waals surface area contributed by atoms with Crippen LogP contribution in [-0.4, -0.2) is 32.7 Å². The van der Waals surface area contributed by atoms with Gasteiger partial charge in [0.15, 0.2) is 11.6 Å². The van der Waals surface area contributed by atoms with Crippen molar-refractivity contribution in [3.05, 3.63) is 35.4 Å². The van der Waals surface area contributed by atoms with Gasteiger partial charge in [0.05, 0.1) is 0 Å². The minimum atomic E-state index is -0.885. The number of carbonyl (C=O) groups excluding carboxylic acids is 1. The molecular weight excluding hydrogens is 338 g/mol. The highest BCUT2D eigenvalue weighted by molar-refractivity contribution is 5.78. The summed E-state index contributed by atoms with van der Waals surface area (Å²) in [5, 5.41) is 3.35. The van der Waals surface area contributed by atoms with Gasteiger partial charge in [0.1, 0.15) is 0 Å². The van der Waals surface area contributed by atoms with E-state index in [0.717, 1.165) is 38.3 Å². The van der Waals surface area contributed by atoms with Gasteiger partial charge >= 0.3 is 0 Å². The van der Waals surface area contributed by atoms with Crippen molar-refractivity contribution in [2.75, 3.05) is 26.8 Å². The van der Waals surface area contributed by atoms with Gasteiger partial charge in [0.25, 0.3) is 0 Å². The number of methoxy groups -OCH3 is 1. The molecule has 1 aliphatic heterocycles. The number of amides is 1. The number of rotatable bonds is 9. The zero-order valence-corrected chi connectivity index (χ0v) is 15.7. The number of hydrogen-bond donors (Lipinski definition) is 2. The third-order valence-electron chi connectivity index (χ3n) is 5.87. The lowest BCUT2D eigenvalue weighted by atomic mass is 9.58. The van der Waals surface area contributed by atoms with Gasteiger partial charge in [-0.2, -0.15) is 0 Å². The van der Waals surface area contributed by atoms with Crippen LogP contribution >= 0.6 is 0 Å². The van der Waals surface area contributed by atoms with E-state index >= 15 is 0 Å². The Labute approximate surface area is 154 Å². The van der Waals surface area contributed by atoms with Gasteiger partial charge in [0, 0.05) is 25.0 Å². The summed E-state index contributed by atoms with van der Waals surface area (Å²) in [6.45, 7) is 3.90. The molecule has 4 nitrogen and oxygen atoms in total. The molecule has 1 amide bonds. The number of piperidine rings is 1. The molecule has 1 fully saturated rings. The Bertz CT molecular complexity index is 605. The van der Waals surface area contributed by atoms with Crippen LogP contribution in [0.25, 0.3) is 0 Å². The summed E-state index contributed by atoms with van der Waals surface area (Å²) in [5.41, 5.74) is 5.12. The molecule has 0 saturated carbocycles. The Morgan fingerprint density at radius 1 is 1.42 bits per heavy atom. The standard InChI is InChI=1S/C20H30F2N2O2/c1-14(19(23)25)20(10-3-4-12-26-2,15-7-6-11-24-13-15)16-8-5-9-17(21)18(16)22/h5,8-9,14-15,24H,3-4,6-7,10-13H2,1-2H3,(H2,23,25)/t14?,15-,20+/m0/s1. The van der Waals surface area contributed by atoms with Gasteiger partial charge < -0.3 is 15.8 Å². The second-order valence-electron chi connectivity index (χ2n) is 7.26. The van der Waals surface area contributed by atoms with Crippen LogP contribution < -0.4 is 11.1 Å². The van der Waals surface area contributed by atoms with Crippen molar-refractivity contribution in [1.82, 2.24) is 5.32 Å². The lowest BCUT2D eigenvalue weighted by molar-refractivity contribution is -0.125. The molecule has 6 heteroatoms. The summed E-state index contributed by atoms with van der Waals surface area (Å²) in [6.07, 6.45) is 3.89. The summed E-state index contributed by atoms with van der Waals surface area (Å²) >= 11 is 0. The first-order chi connectivity index (χ1) is 12.4. The molecule has 1 heterocycles. The topological polar surface area (TPSA) is 64.3 Å². The molecule has 0 aromatic heterocycles. The number of benzene rings is 1. The van der Waals surface area contributed by atoms with E-state index in [-0.39, 0.29) is 11.5 Å². The largest absolute Gasteiger partial charge is 0.385 e. The molecule has 26 heavy (non-hydrogen) atoms. The summed E-state index contributed by atoms with van der Waals surface area (Å²) in [4.78, 5) is 12.2. The molecule has 1 aromatic rings. The van der Waals surface area contributed by atoms with E-state index in [1.807, 2.05) is 0 Å². The minimum Gasteiger partial charge on any atom is -0.385 e. The van der Waals surface area contributed by atoms with E-state index < -0.39 is 28.9 Å². The molecular formula is C20H30F2N2O2. The smallest absolute Gasteiger partial charge is 0.221 e. The summed E-state index contributed by atoms with van der Waals surface area (Å²) in [6, 6.07) is 4.24. The van der Waals surface area contributed by atoms with E-state index in [0.29, 0.717) is 19.6 Å². The van der Waals surface area contributed by atoms with Crippen molar-refractivity contribution in [3.63, 3.8) is 0 Å². The van der Waals surface area contributed by atoms with E-state index in [2.05, 4.69) is 5.32 Å². The van der Waals surface area contributed by atoms with Gasteiger partial charge in [-0.05, 0) is 56.3 Å². The van der Waals surface area contributed by atoms with E-state index in [4.69, 9.17) is 10.5 Å². The highest BCUT2D eigenvalue weighted by Gasteiger charge is 2.48. The number of nitrogens with one attached hydrogen (secondary N) is 1. The van der Waals surface area contributed by atoms with Crippen molar-refractivity contribution >= 4 is 5.91 Å². The average Bonchev–Trinajstić information content (AvgIpc) is 2.65. The Hall–Kier alpha value is -1.53. The SMILES string of the molecule is COCCCC[C@@](c1cccc(F)c1F)(C(C)C(N)=O)[C@H]1CCCNC1. The first kappa shape index (κ1) is 20.8. The Balaban J connectivity index is 2.53. The monoisotopic (exact) mass is 368 g/mol. The fourth-order valence-electron chi connectivity index (χ4n) is 4.43. The third kappa shape index (κ3) is 4.23. The molecule has 1 aromatic carbocycles. The molecule has 3 N–H and O–H groups in total. The lowest BCUT2D eigenvalue weighted by Crippen LogP contribution is -2.52. The number of ether oxygens (including phenoxy) is 1. The maximum Gasteiger partial charge on any atom is 0.221 e. The third-order valence-corrected chi connectivity index (χ3v) is 5.87. The number of halogens is 2. The predicted octanol–water partition coefficient (Wildman–Crippen LogP) is 3.14. The fraction of sp³-hybridized carbons (Fsp3) is 0.650. The predicted molar refractivity (Wildman–Crippen MR) is 97.7 cm³/mol. The van der Waals surface area contributed by atoms with Crippen molar-refractivity contribution in [2.24, 2.45) is 17.6 Å². The maximum atomic E-state index is 14.9. The molecule has 1 unspecified atom stereocenters. The Morgan fingerprint density at radius 3 is 2.81 bits per heavy atom. The molecule has 2 rings (SSSR count). The summed E-state index contributed by atoms with van der Waals surface area (Å²) in [7, 11) is 1.64. The zero-order chi connectivity index (χ0) is 19.2. The molecule has 0 spiro atoms. The number of unbranched alkanes of at least 4 members (excludes halogenated alkanes) is 1. The van der Waals surface area contributed by atoms with Crippen LogP contribution in [0.2, 0.25) is 0 Å². The summed E-state index contributed by atoms with van der Waals surface area (Å²) < 4.78 is 34.1. The van der Waals surface area contributed by atoms with E-state index in [9.17, 15) is 13.6 Å². The second kappa shape index (κ2) is 9.42. The van der Waals surface area contributed by atoms with Gasteiger partial charge in [-0.3, -0.25) is 4.79 Å². The molecule has 1 aliphatic rings. The minimum absolute atomic E-state index is 0.0117. The van der Waals surface area contributed by atoms with Crippen molar-refractivity contribution in [1.29, 1.82) is 0 Å². The van der Waals surface area contributed by atoms with E-state index in [1.165, 1.54) is 6.07 Å². The van der Waals surface area contributed by atoms with Gasteiger partial charge in [-0.1, -0.05) is 25.5 Å². The van der Waals surface area contributed by atoms with Crippen molar-refractivity contribution < 1.29 is 18.3 Å². The molecule has 0 radical (unpaired) electrons. The first-order valence-electron chi connectivity index (χ1n) is 9.38. The quantitative estimate of drug-likeness (QED) is 0.658. The number of hydrogen-bond acceptors (Lipinski definition) is 3. The van der Waals surface area contributed by atoms with Crippen LogP contribution in [0, 0.1) is 23.5 Å². The number of nitrogens with two attached hydrogens (primary N) is 1. The summed E-state index contributed by atoms with van der Waals surface area (Å²) in [5.74, 6) is -2.82. The molecule has 0 aliphatic carbocycles. The van der Waals surface area contributed by atoms with Crippen molar-refractivity contribution in [2.45, 2.75) is 44.4 Å². The molecule has 3 atom stereocenters. The van der Waals surface area contributed by atoms with E-state index in [1.54, 1.807) is 20.1 Å². The van der Waals surface area contributed by atoms with Crippen LogP contribution in [0.4, 0.5) is 8.78 Å². The van der Waals surface area contributed by atoms with Crippen LogP contribution in [0.15, 0.2) is 18.2 Å². The molecule has 1 saturated heterocycles. The number of carbonyl (C=O) groups is 1. The second-order valence-corrected chi connectivity index (χ2v) is 7.26. The van der Waals surface area contributed by atoms with Crippen LogP contribution in [0.1, 0.15) is 44.6 Å². The Morgan fingerprint density at radius 2 is 2.19 bits per heavy atom. The number of primary amides is 1. The fourth-order valence-corrected chi connectivity index (χ4v) is 4.43. The van der Waals surface area contributed by atoms with Gasteiger partial charge in [-0.25, -0.2) is 8.78 Å². The molecule has 146 valence electrons. The maximum absolute atomic E-state index is 14.9. The normalized spacial score (nSPS) is 21.2.